The fourth-order valence-corrected chi connectivity index (χ4v) is 8.94. The van der Waals surface area contributed by atoms with Crippen LogP contribution in [0, 0.1) is 0 Å². The van der Waals surface area contributed by atoms with E-state index in [2.05, 4.69) is 46.7 Å². The number of nitrogens with zero attached hydrogens (tertiary/aromatic N) is 4. The topological polar surface area (TPSA) is 69.9 Å². The highest BCUT2D eigenvalue weighted by Crippen LogP contribution is 2.47. The minimum Gasteiger partial charge on any atom is -0.469 e. The lowest BCUT2D eigenvalue weighted by atomic mass is 10.1. The van der Waals surface area contributed by atoms with Crippen molar-refractivity contribution < 1.29 is 9.53 Å². The molecule has 184 valence electrons. The molecule has 0 bridgehead atoms. The highest BCUT2D eigenvalue weighted by atomic mass is 31.2. The molecule has 5 aromatic rings. The van der Waals surface area contributed by atoms with Crippen LogP contribution in [0.1, 0.15) is 17.8 Å². The Morgan fingerprint density at radius 1 is 0.730 bits per heavy atom. The highest BCUT2D eigenvalue weighted by molar-refractivity contribution is 7.95. The molecule has 4 aromatic carbocycles. The van der Waals surface area contributed by atoms with Crippen molar-refractivity contribution in [1.82, 2.24) is 20.2 Å². The summed E-state index contributed by atoms with van der Waals surface area (Å²) in [4.78, 5) is 14.5. The highest BCUT2D eigenvalue weighted by Gasteiger charge is 2.33. The van der Waals surface area contributed by atoms with E-state index in [1.165, 1.54) is 7.11 Å². The van der Waals surface area contributed by atoms with Gasteiger partial charge in [-0.2, -0.15) is 0 Å². The van der Waals surface area contributed by atoms with Gasteiger partial charge < -0.3 is 4.74 Å². The summed E-state index contributed by atoms with van der Waals surface area (Å²) in [5, 5.41) is 17.0. The Morgan fingerprint density at radius 2 is 1.19 bits per heavy atom. The van der Waals surface area contributed by atoms with E-state index in [9.17, 15) is 4.79 Å². The third-order valence-corrected chi connectivity index (χ3v) is 10.6. The zero-order chi connectivity index (χ0) is 25.5. The first-order valence-electron chi connectivity index (χ1n) is 12.0. The summed E-state index contributed by atoms with van der Waals surface area (Å²) in [6.07, 6.45) is 0.559. The predicted octanol–water partition coefficient (Wildman–Crippen LogP) is 3.80. The molecule has 0 spiro atoms. The van der Waals surface area contributed by atoms with Gasteiger partial charge in [-0.3, -0.25) is 4.79 Å². The molecule has 5 rings (SSSR count). The Labute approximate surface area is 216 Å². The van der Waals surface area contributed by atoms with Crippen LogP contribution in [-0.2, 0) is 16.0 Å². The molecular weight excluding hydrogens is 479 g/mol. The van der Waals surface area contributed by atoms with Crippen LogP contribution in [0.15, 0.2) is 121 Å². The van der Waals surface area contributed by atoms with E-state index in [0.29, 0.717) is 12.2 Å². The van der Waals surface area contributed by atoms with Crippen molar-refractivity contribution in [2.75, 3.05) is 7.11 Å². The van der Waals surface area contributed by atoms with Gasteiger partial charge in [-0.15, -0.1) is 15.0 Å². The first-order chi connectivity index (χ1) is 18.2. The molecule has 0 saturated heterocycles. The molecule has 1 aromatic heterocycles. The third-order valence-electron chi connectivity index (χ3n) is 6.24. The zero-order valence-electron chi connectivity index (χ0n) is 20.5. The van der Waals surface area contributed by atoms with Crippen molar-refractivity contribution >= 4 is 34.2 Å². The molecule has 6 nitrogen and oxygen atoms in total. The lowest BCUT2D eigenvalue weighted by Gasteiger charge is -2.31. The Kier molecular flexibility index (Phi) is 7.38. The molecule has 0 unspecified atom stereocenters. The number of methoxy groups -OCH3 is 1. The summed E-state index contributed by atoms with van der Waals surface area (Å²) in [6.45, 7) is -2.61. The van der Waals surface area contributed by atoms with Gasteiger partial charge in [-0.25, -0.2) is 0 Å². The normalized spacial score (nSPS) is 11.2. The lowest BCUT2D eigenvalue weighted by Crippen LogP contribution is -2.35. The summed E-state index contributed by atoms with van der Waals surface area (Å²) >= 11 is 0. The Hall–Kier alpha value is -4.28. The third kappa shape index (κ3) is 5.02. The van der Waals surface area contributed by atoms with Gasteiger partial charge in [-0.1, -0.05) is 121 Å². The number of hydrogen-bond acceptors (Lipinski definition) is 5. The van der Waals surface area contributed by atoms with Crippen LogP contribution in [0.5, 0.6) is 0 Å². The maximum Gasteiger partial charge on any atom is 0.311 e. The number of aromatic nitrogens is 4. The second kappa shape index (κ2) is 11.2. The number of carbonyl (C=O) groups is 1. The van der Waals surface area contributed by atoms with E-state index in [1.54, 1.807) is 4.80 Å². The van der Waals surface area contributed by atoms with Gasteiger partial charge in [0.05, 0.1) is 18.9 Å². The number of rotatable bonds is 8. The first-order valence-corrected chi connectivity index (χ1v) is 13.8. The summed E-state index contributed by atoms with van der Waals surface area (Å²) in [6, 6.07) is 40.9. The predicted molar refractivity (Wildman–Crippen MR) is 149 cm³/mol. The quantitative estimate of drug-likeness (QED) is 0.237. The standard InChI is InChI=1S/C30H27N4O2P/c1-36-30(35)23-29(34-32-28(31-33-34)22-24-14-6-2-7-15-24)37(25-16-8-3-9-17-25,26-18-10-4-11-19-26)27-20-12-5-13-21-27/h2-21H,22-23H2,1H3. The molecule has 0 N–H and O–H groups in total. The fourth-order valence-electron chi connectivity index (χ4n) is 4.58. The van der Waals surface area contributed by atoms with Crippen LogP contribution in [-0.4, -0.2) is 38.7 Å². The van der Waals surface area contributed by atoms with Gasteiger partial charge in [0.25, 0.3) is 0 Å². The SMILES string of the molecule is COC(=O)CC(n1nnc(Cc2ccccc2)n1)=P(c1ccccc1)(c1ccccc1)c1ccccc1. The Balaban J connectivity index is 1.86. The average Bonchev–Trinajstić information content (AvgIpc) is 3.43. The van der Waals surface area contributed by atoms with Crippen molar-refractivity contribution in [2.24, 2.45) is 0 Å². The summed E-state index contributed by atoms with van der Waals surface area (Å²) in [7, 11) is 1.41. The van der Waals surface area contributed by atoms with E-state index in [-0.39, 0.29) is 12.4 Å². The van der Waals surface area contributed by atoms with Crippen molar-refractivity contribution in [3.8, 4) is 0 Å². The van der Waals surface area contributed by atoms with Crippen molar-refractivity contribution in [1.29, 1.82) is 0 Å². The van der Waals surface area contributed by atoms with E-state index in [4.69, 9.17) is 9.84 Å². The van der Waals surface area contributed by atoms with Crippen LogP contribution in [0.3, 0.4) is 0 Å². The van der Waals surface area contributed by atoms with E-state index in [1.807, 2.05) is 84.9 Å². The van der Waals surface area contributed by atoms with E-state index < -0.39 is 6.89 Å². The van der Waals surface area contributed by atoms with Crippen LogP contribution in [0.4, 0.5) is 0 Å². The minimum absolute atomic E-state index is 0.0180. The van der Waals surface area contributed by atoms with Gasteiger partial charge in [-0.05, 0) is 26.7 Å². The molecule has 0 aliphatic heterocycles. The molecule has 0 aliphatic carbocycles. The number of ether oxygens (including phenoxy) is 1. The van der Waals surface area contributed by atoms with Crippen LogP contribution < -0.4 is 15.9 Å². The van der Waals surface area contributed by atoms with Gasteiger partial charge in [0.1, 0.15) is 0 Å². The fraction of sp³-hybridized carbons (Fsp3) is 0.100. The second-order valence-corrected chi connectivity index (χ2v) is 11.9. The molecule has 37 heavy (non-hydrogen) atoms. The number of hydrogen-bond donors (Lipinski definition) is 0. The zero-order valence-corrected chi connectivity index (χ0v) is 21.4. The summed E-state index contributed by atoms with van der Waals surface area (Å²) < 4.78 is 5.18. The molecule has 1 heterocycles. The maximum atomic E-state index is 12.9. The van der Waals surface area contributed by atoms with Crippen molar-refractivity contribution in [3.63, 3.8) is 0 Å². The summed E-state index contributed by atoms with van der Waals surface area (Å²) in [5.41, 5.74) is 1.83. The molecule has 0 radical (unpaired) electrons. The van der Waals surface area contributed by atoms with Crippen LogP contribution in [0.2, 0.25) is 0 Å². The van der Waals surface area contributed by atoms with Gasteiger partial charge >= 0.3 is 5.97 Å². The maximum absolute atomic E-state index is 12.9. The first kappa shape index (κ1) is 24.4. The van der Waals surface area contributed by atoms with E-state index in [0.717, 1.165) is 26.9 Å². The lowest BCUT2D eigenvalue weighted by molar-refractivity contribution is -0.139. The van der Waals surface area contributed by atoms with Gasteiger partial charge in [0, 0.05) is 13.3 Å². The number of benzene rings is 4. The monoisotopic (exact) mass is 506 g/mol. The number of esters is 1. The molecule has 0 saturated carbocycles. The Bertz CT molecular complexity index is 1420. The van der Waals surface area contributed by atoms with E-state index >= 15 is 0 Å². The van der Waals surface area contributed by atoms with Crippen molar-refractivity contribution in [2.45, 2.75) is 12.8 Å². The number of carbonyl (C=O) groups excluding carboxylic acids is 1. The minimum atomic E-state index is -2.61. The molecule has 0 atom stereocenters. The average molecular weight is 507 g/mol. The van der Waals surface area contributed by atoms with Gasteiger partial charge in [0.2, 0.25) is 0 Å². The van der Waals surface area contributed by atoms with Crippen LogP contribution >= 0.6 is 6.89 Å². The molecular formula is C30H27N4O2P. The van der Waals surface area contributed by atoms with Gasteiger partial charge in [0.15, 0.2) is 5.82 Å². The van der Waals surface area contributed by atoms with Crippen molar-refractivity contribution in [3.05, 3.63) is 133 Å². The second-order valence-electron chi connectivity index (χ2n) is 8.50. The molecule has 7 heteroatoms. The van der Waals surface area contributed by atoms with Crippen LogP contribution in [0.25, 0.3) is 0 Å². The summed E-state index contributed by atoms with van der Waals surface area (Å²) in [5.74, 6) is 0.227. The Morgan fingerprint density at radius 3 is 1.65 bits per heavy atom. The molecule has 0 fully saturated rings. The number of tetrazole rings is 1. The smallest absolute Gasteiger partial charge is 0.311 e. The largest absolute Gasteiger partial charge is 0.469 e. The molecule has 0 aliphatic rings. The molecule has 0 amide bonds.